The number of carbonyl (C=O) groups is 1. The molecule has 0 amide bonds. The van der Waals surface area contributed by atoms with E-state index in [2.05, 4.69) is 30.8 Å². The summed E-state index contributed by atoms with van der Waals surface area (Å²) in [6.07, 6.45) is 10.00. The molecule has 2 aromatic carbocycles. The summed E-state index contributed by atoms with van der Waals surface area (Å²) in [6.45, 7) is 3.55. The SMILES string of the molecule is C=C/C=C/C(=O)/C=C/C=C(c1ccccc1)c1ccccc1. The topological polar surface area (TPSA) is 17.1 Å². The molecule has 0 radical (unpaired) electrons. The molecular weight excluding hydrogens is 268 g/mol. The molecule has 1 heteroatoms. The Kier molecular flexibility index (Phi) is 5.89. The molecule has 1 nitrogen and oxygen atoms in total. The zero-order chi connectivity index (χ0) is 15.6. The standard InChI is InChI=1S/C21H18O/c1-2-3-15-20(22)16-10-17-21(18-11-6-4-7-12-18)19-13-8-5-9-14-19/h2-17H,1H2/b15-3+,16-10+. The molecule has 0 bridgehead atoms. The fraction of sp³-hybridized carbons (Fsp3) is 0. The Morgan fingerprint density at radius 2 is 1.27 bits per heavy atom. The van der Waals surface area contributed by atoms with E-state index in [0.29, 0.717) is 0 Å². The molecule has 22 heavy (non-hydrogen) atoms. The van der Waals surface area contributed by atoms with E-state index in [9.17, 15) is 4.79 Å². The van der Waals surface area contributed by atoms with E-state index in [4.69, 9.17) is 0 Å². The van der Waals surface area contributed by atoms with Crippen LogP contribution in [-0.4, -0.2) is 5.78 Å². The molecule has 0 fully saturated rings. The molecule has 2 rings (SSSR count). The van der Waals surface area contributed by atoms with Crippen LogP contribution in [0.1, 0.15) is 11.1 Å². The van der Waals surface area contributed by atoms with Crippen molar-refractivity contribution in [1.29, 1.82) is 0 Å². The molecule has 0 aromatic heterocycles. The second kappa shape index (κ2) is 8.38. The Morgan fingerprint density at radius 3 is 1.77 bits per heavy atom. The molecule has 0 spiro atoms. The maximum absolute atomic E-state index is 11.6. The molecule has 0 saturated carbocycles. The largest absolute Gasteiger partial charge is 0.290 e. The third-order valence-corrected chi connectivity index (χ3v) is 3.09. The lowest BCUT2D eigenvalue weighted by atomic mass is 9.97. The molecular formula is C21H18O. The summed E-state index contributed by atoms with van der Waals surface area (Å²) in [6, 6.07) is 20.3. The van der Waals surface area contributed by atoms with Crippen molar-refractivity contribution in [2.24, 2.45) is 0 Å². The number of carbonyl (C=O) groups excluding carboxylic acids is 1. The maximum atomic E-state index is 11.6. The highest BCUT2D eigenvalue weighted by atomic mass is 16.1. The predicted molar refractivity (Wildman–Crippen MR) is 93.4 cm³/mol. The van der Waals surface area contributed by atoms with Crippen molar-refractivity contribution in [2.45, 2.75) is 0 Å². The highest BCUT2D eigenvalue weighted by Gasteiger charge is 2.02. The van der Waals surface area contributed by atoms with Gasteiger partial charge in [0.15, 0.2) is 5.78 Å². The Hall–Kier alpha value is -2.93. The van der Waals surface area contributed by atoms with Crippen molar-refractivity contribution in [2.75, 3.05) is 0 Å². The summed E-state index contributed by atoms with van der Waals surface area (Å²) in [5.74, 6) is -0.0587. The van der Waals surface area contributed by atoms with Crippen molar-refractivity contribution in [3.05, 3.63) is 115 Å². The number of hydrogen-bond donors (Lipinski definition) is 0. The van der Waals surface area contributed by atoms with Crippen LogP contribution in [0.2, 0.25) is 0 Å². The first-order valence-electron chi connectivity index (χ1n) is 7.13. The Balaban J connectivity index is 2.31. The van der Waals surface area contributed by atoms with Gasteiger partial charge in [-0.15, -0.1) is 0 Å². The van der Waals surface area contributed by atoms with Gasteiger partial charge in [-0.3, -0.25) is 4.79 Å². The van der Waals surface area contributed by atoms with Crippen LogP contribution in [0, 0.1) is 0 Å². The molecule has 0 aliphatic heterocycles. The van der Waals surface area contributed by atoms with E-state index in [1.165, 1.54) is 6.08 Å². The van der Waals surface area contributed by atoms with Crippen LogP contribution in [0.5, 0.6) is 0 Å². The smallest absolute Gasteiger partial charge is 0.178 e. The molecule has 108 valence electrons. The molecule has 0 atom stereocenters. The number of hydrogen-bond acceptors (Lipinski definition) is 1. The molecule has 0 aliphatic rings. The highest BCUT2D eigenvalue weighted by Crippen LogP contribution is 2.23. The lowest BCUT2D eigenvalue weighted by Crippen LogP contribution is -1.88. The van der Waals surface area contributed by atoms with Gasteiger partial charge in [-0.25, -0.2) is 0 Å². The second-order valence-electron chi connectivity index (χ2n) is 4.67. The fourth-order valence-corrected chi connectivity index (χ4v) is 2.05. The third-order valence-electron chi connectivity index (χ3n) is 3.09. The fourth-order valence-electron chi connectivity index (χ4n) is 2.05. The summed E-state index contributed by atoms with van der Waals surface area (Å²) in [5, 5.41) is 0. The van der Waals surface area contributed by atoms with Gasteiger partial charge in [-0.05, 0) is 28.9 Å². The minimum Gasteiger partial charge on any atom is -0.290 e. The van der Waals surface area contributed by atoms with Crippen molar-refractivity contribution in [3.8, 4) is 0 Å². The lowest BCUT2D eigenvalue weighted by Gasteiger charge is -2.07. The minimum atomic E-state index is -0.0587. The minimum absolute atomic E-state index is 0.0587. The highest BCUT2D eigenvalue weighted by molar-refractivity contribution is 5.99. The zero-order valence-corrected chi connectivity index (χ0v) is 12.4. The normalized spacial score (nSPS) is 10.7. The predicted octanol–water partition coefficient (Wildman–Crippen LogP) is 4.99. The first-order chi connectivity index (χ1) is 10.8. The van der Waals surface area contributed by atoms with Crippen LogP contribution in [0.25, 0.3) is 5.57 Å². The van der Waals surface area contributed by atoms with E-state index < -0.39 is 0 Å². The Morgan fingerprint density at radius 1 is 0.773 bits per heavy atom. The van der Waals surface area contributed by atoms with Gasteiger partial charge < -0.3 is 0 Å². The van der Waals surface area contributed by atoms with Crippen LogP contribution < -0.4 is 0 Å². The first kappa shape index (κ1) is 15.5. The van der Waals surface area contributed by atoms with Gasteiger partial charge in [-0.1, -0.05) is 91.5 Å². The summed E-state index contributed by atoms with van der Waals surface area (Å²) in [4.78, 5) is 11.6. The van der Waals surface area contributed by atoms with Crippen molar-refractivity contribution in [3.63, 3.8) is 0 Å². The second-order valence-corrected chi connectivity index (χ2v) is 4.67. The van der Waals surface area contributed by atoms with Crippen LogP contribution in [0.15, 0.2) is 104 Å². The maximum Gasteiger partial charge on any atom is 0.178 e. The molecule has 0 aliphatic carbocycles. The van der Waals surface area contributed by atoms with Crippen LogP contribution in [0.4, 0.5) is 0 Å². The number of allylic oxidation sites excluding steroid dienone is 6. The number of benzene rings is 2. The third kappa shape index (κ3) is 4.57. The summed E-state index contributed by atoms with van der Waals surface area (Å²) in [7, 11) is 0. The Labute approximate surface area is 131 Å². The monoisotopic (exact) mass is 286 g/mol. The quantitative estimate of drug-likeness (QED) is 0.540. The molecule has 0 unspecified atom stereocenters. The van der Waals surface area contributed by atoms with E-state index in [1.807, 2.05) is 42.5 Å². The summed E-state index contributed by atoms with van der Waals surface area (Å²) in [5.41, 5.74) is 3.32. The van der Waals surface area contributed by atoms with E-state index in [1.54, 1.807) is 24.3 Å². The van der Waals surface area contributed by atoms with Crippen LogP contribution in [0.3, 0.4) is 0 Å². The van der Waals surface area contributed by atoms with E-state index in [-0.39, 0.29) is 5.78 Å². The van der Waals surface area contributed by atoms with Crippen molar-refractivity contribution in [1.82, 2.24) is 0 Å². The van der Waals surface area contributed by atoms with Gasteiger partial charge in [0, 0.05) is 0 Å². The number of ketones is 1. The van der Waals surface area contributed by atoms with Crippen molar-refractivity contribution >= 4 is 11.4 Å². The average Bonchev–Trinajstić information content (AvgIpc) is 2.58. The van der Waals surface area contributed by atoms with Crippen LogP contribution in [-0.2, 0) is 4.79 Å². The van der Waals surface area contributed by atoms with Gasteiger partial charge >= 0.3 is 0 Å². The van der Waals surface area contributed by atoms with Gasteiger partial charge in [0.1, 0.15) is 0 Å². The summed E-state index contributed by atoms with van der Waals surface area (Å²) < 4.78 is 0. The van der Waals surface area contributed by atoms with Gasteiger partial charge in [0.05, 0.1) is 0 Å². The lowest BCUT2D eigenvalue weighted by molar-refractivity contribution is -0.110. The Bertz CT molecular complexity index is 663. The average molecular weight is 286 g/mol. The van der Waals surface area contributed by atoms with E-state index >= 15 is 0 Å². The molecule has 0 heterocycles. The number of rotatable bonds is 6. The first-order valence-corrected chi connectivity index (χ1v) is 7.13. The van der Waals surface area contributed by atoms with Gasteiger partial charge in [0.25, 0.3) is 0 Å². The molecule has 2 aromatic rings. The van der Waals surface area contributed by atoms with Gasteiger partial charge in [0.2, 0.25) is 0 Å². The van der Waals surface area contributed by atoms with Gasteiger partial charge in [-0.2, -0.15) is 0 Å². The summed E-state index contributed by atoms with van der Waals surface area (Å²) >= 11 is 0. The molecule has 0 saturated heterocycles. The van der Waals surface area contributed by atoms with Crippen molar-refractivity contribution < 1.29 is 4.79 Å². The van der Waals surface area contributed by atoms with Crippen LogP contribution >= 0.6 is 0 Å². The zero-order valence-electron chi connectivity index (χ0n) is 12.4. The molecule has 0 N–H and O–H groups in total. The van der Waals surface area contributed by atoms with E-state index in [0.717, 1.165) is 16.7 Å².